The fourth-order valence-corrected chi connectivity index (χ4v) is 3.04. The molecule has 0 spiro atoms. The molecule has 0 aliphatic rings. The fraction of sp³-hybridized carbons (Fsp3) is 0.100. The van der Waals surface area contributed by atoms with E-state index in [0.29, 0.717) is 33.2 Å². The Morgan fingerprint density at radius 3 is 2.79 bits per heavy atom. The lowest BCUT2D eigenvalue weighted by atomic mass is 10.2. The Hall–Kier alpha value is -3.65. The number of aryl methyl sites for hydroxylation is 1. The molecule has 29 heavy (non-hydrogen) atoms. The average molecular weight is 409 g/mol. The monoisotopic (exact) mass is 408 g/mol. The van der Waals surface area contributed by atoms with Crippen molar-refractivity contribution >= 4 is 34.4 Å². The van der Waals surface area contributed by atoms with Crippen LogP contribution in [0.5, 0.6) is 5.75 Å². The van der Waals surface area contributed by atoms with Crippen LogP contribution in [0.1, 0.15) is 15.9 Å². The fourth-order valence-electron chi connectivity index (χ4n) is 2.86. The molecule has 0 radical (unpaired) electrons. The number of ether oxygens (including phenoxy) is 1. The van der Waals surface area contributed by atoms with Crippen LogP contribution >= 0.6 is 11.6 Å². The molecule has 1 amide bonds. The maximum atomic E-state index is 12.5. The van der Waals surface area contributed by atoms with Gasteiger partial charge in [-0.25, -0.2) is 14.6 Å². The zero-order valence-corrected chi connectivity index (χ0v) is 16.4. The van der Waals surface area contributed by atoms with E-state index in [2.05, 4.69) is 25.9 Å². The van der Waals surface area contributed by atoms with Crippen LogP contribution < -0.4 is 15.6 Å². The second-order valence-electron chi connectivity index (χ2n) is 6.23. The number of hydrogen-bond acceptors (Lipinski definition) is 6. The lowest BCUT2D eigenvalue weighted by Gasteiger charge is -2.11. The van der Waals surface area contributed by atoms with Crippen molar-refractivity contribution in [1.82, 2.24) is 25.2 Å². The quantitative estimate of drug-likeness (QED) is 0.490. The van der Waals surface area contributed by atoms with Crippen LogP contribution in [-0.2, 0) is 0 Å². The van der Waals surface area contributed by atoms with Gasteiger partial charge in [0.25, 0.3) is 5.91 Å². The zero-order valence-electron chi connectivity index (χ0n) is 15.7. The largest absolute Gasteiger partial charge is 0.496 e. The number of amides is 1. The number of para-hydroxylation sites is 1. The standard InChI is InChI=1S/C20H17ClN6O2/c1-12-7-8-13(9-16(12)21)27-19-15(10-24-27)18(22-11-23-19)25-26-20(28)14-5-3-4-6-17(14)29-2/h3-11H,1-2H3,(H,26,28)(H,22,23,25). The predicted octanol–water partition coefficient (Wildman–Crippen LogP) is 3.54. The highest BCUT2D eigenvalue weighted by molar-refractivity contribution is 6.31. The third-order valence-corrected chi connectivity index (χ3v) is 4.82. The van der Waals surface area contributed by atoms with Crippen LogP contribution in [0, 0.1) is 6.92 Å². The molecule has 0 bridgehead atoms. The molecule has 8 nitrogen and oxygen atoms in total. The van der Waals surface area contributed by atoms with Crippen LogP contribution in [0.3, 0.4) is 0 Å². The Kier molecular flexibility index (Phi) is 5.01. The van der Waals surface area contributed by atoms with E-state index in [-0.39, 0.29) is 5.91 Å². The minimum Gasteiger partial charge on any atom is -0.496 e. The summed E-state index contributed by atoms with van der Waals surface area (Å²) in [5, 5.41) is 5.68. The number of benzene rings is 2. The summed E-state index contributed by atoms with van der Waals surface area (Å²) in [6.07, 6.45) is 3.02. The number of halogens is 1. The van der Waals surface area contributed by atoms with Crippen molar-refractivity contribution in [2.24, 2.45) is 0 Å². The number of carbonyl (C=O) groups excluding carboxylic acids is 1. The minimum absolute atomic E-state index is 0.355. The van der Waals surface area contributed by atoms with Crippen molar-refractivity contribution in [2.75, 3.05) is 12.5 Å². The van der Waals surface area contributed by atoms with Crippen molar-refractivity contribution in [1.29, 1.82) is 0 Å². The van der Waals surface area contributed by atoms with Gasteiger partial charge < -0.3 is 4.74 Å². The first-order valence-corrected chi connectivity index (χ1v) is 9.11. The van der Waals surface area contributed by atoms with E-state index in [4.69, 9.17) is 16.3 Å². The van der Waals surface area contributed by atoms with E-state index in [0.717, 1.165) is 11.3 Å². The first kappa shape index (κ1) is 18.7. The zero-order chi connectivity index (χ0) is 20.4. The molecule has 0 aliphatic carbocycles. The summed E-state index contributed by atoms with van der Waals surface area (Å²) < 4.78 is 6.88. The molecule has 0 atom stereocenters. The highest BCUT2D eigenvalue weighted by Crippen LogP contribution is 2.24. The number of nitrogens with one attached hydrogen (secondary N) is 2. The van der Waals surface area contributed by atoms with Crippen molar-refractivity contribution < 1.29 is 9.53 Å². The lowest BCUT2D eigenvalue weighted by molar-refractivity contribution is 0.0959. The second kappa shape index (κ2) is 7.76. The van der Waals surface area contributed by atoms with Gasteiger partial charge in [0.15, 0.2) is 11.5 Å². The van der Waals surface area contributed by atoms with Gasteiger partial charge in [0.1, 0.15) is 12.1 Å². The summed E-state index contributed by atoms with van der Waals surface area (Å²) in [4.78, 5) is 21.0. The number of nitrogens with zero attached hydrogens (tertiary/aromatic N) is 4. The van der Waals surface area contributed by atoms with E-state index in [9.17, 15) is 4.79 Å². The molecule has 146 valence electrons. The molecule has 2 aromatic carbocycles. The molecule has 4 aromatic rings. The Bertz CT molecular complexity index is 1210. The normalized spacial score (nSPS) is 10.7. The topological polar surface area (TPSA) is 94.0 Å². The lowest BCUT2D eigenvalue weighted by Crippen LogP contribution is -2.30. The highest BCUT2D eigenvalue weighted by Gasteiger charge is 2.14. The molecular weight excluding hydrogens is 392 g/mol. The molecule has 0 fully saturated rings. The summed E-state index contributed by atoms with van der Waals surface area (Å²) in [5.41, 5.74) is 8.20. The van der Waals surface area contributed by atoms with Crippen LogP contribution in [0.4, 0.5) is 5.82 Å². The molecule has 2 N–H and O–H groups in total. The predicted molar refractivity (Wildman–Crippen MR) is 110 cm³/mol. The Balaban J connectivity index is 1.61. The molecule has 2 heterocycles. The molecular formula is C20H17ClN6O2. The number of rotatable bonds is 5. The van der Waals surface area contributed by atoms with Gasteiger partial charge in [-0.15, -0.1) is 0 Å². The highest BCUT2D eigenvalue weighted by atomic mass is 35.5. The Labute approximate surface area is 171 Å². The molecule has 2 aromatic heterocycles. The van der Waals surface area contributed by atoms with Gasteiger partial charge in [0.05, 0.1) is 29.9 Å². The van der Waals surface area contributed by atoms with Crippen LogP contribution in [0.15, 0.2) is 55.0 Å². The van der Waals surface area contributed by atoms with Gasteiger partial charge in [-0.1, -0.05) is 29.8 Å². The number of hydrazine groups is 1. The number of anilines is 1. The van der Waals surface area contributed by atoms with E-state index in [1.54, 1.807) is 35.1 Å². The second-order valence-corrected chi connectivity index (χ2v) is 6.64. The van der Waals surface area contributed by atoms with Gasteiger partial charge in [0.2, 0.25) is 0 Å². The maximum absolute atomic E-state index is 12.5. The molecule has 0 aliphatic heterocycles. The van der Waals surface area contributed by atoms with Crippen LogP contribution in [0.25, 0.3) is 16.7 Å². The van der Waals surface area contributed by atoms with E-state index < -0.39 is 0 Å². The van der Waals surface area contributed by atoms with Gasteiger partial charge in [-0.05, 0) is 36.8 Å². The van der Waals surface area contributed by atoms with E-state index >= 15 is 0 Å². The van der Waals surface area contributed by atoms with Crippen molar-refractivity contribution in [3.05, 3.63) is 71.1 Å². The summed E-state index contributed by atoms with van der Waals surface area (Å²) in [5.74, 6) is 0.540. The molecule has 0 unspecified atom stereocenters. The number of carbonyl (C=O) groups is 1. The number of methoxy groups -OCH3 is 1. The van der Waals surface area contributed by atoms with E-state index in [1.807, 2.05) is 25.1 Å². The molecule has 0 saturated heterocycles. The maximum Gasteiger partial charge on any atom is 0.273 e. The average Bonchev–Trinajstić information content (AvgIpc) is 3.18. The van der Waals surface area contributed by atoms with Crippen molar-refractivity contribution in [2.45, 2.75) is 6.92 Å². The number of aromatic nitrogens is 4. The molecule has 4 rings (SSSR count). The van der Waals surface area contributed by atoms with Crippen molar-refractivity contribution in [3.63, 3.8) is 0 Å². The Morgan fingerprint density at radius 1 is 1.17 bits per heavy atom. The summed E-state index contributed by atoms with van der Waals surface area (Å²) in [6, 6.07) is 12.6. The minimum atomic E-state index is -0.355. The SMILES string of the molecule is COc1ccccc1C(=O)NNc1ncnc2c1cnn2-c1ccc(C)c(Cl)c1. The third-order valence-electron chi connectivity index (χ3n) is 4.41. The summed E-state index contributed by atoms with van der Waals surface area (Å²) in [7, 11) is 1.51. The Morgan fingerprint density at radius 2 is 2.00 bits per heavy atom. The van der Waals surface area contributed by atoms with Crippen LogP contribution in [0.2, 0.25) is 5.02 Å². The first-order chi connectivity index (χ1) is 14.1. The number of fused-ring (bicyclic) bond motifs is 1. The molecule has 9 heteroatoms. The van der Waals surface area contributed by atoms with Crippen molar-refractivity contribution in [3.8, 4) is 11.4 Å². The summed E-state index contributed by atoms with van der Waals surface area (Å²) >= 11 is 6.24. The smallest absolute Gasteiger partial charge is 0.273 e. The summed E-state index contributed by atoms with van der Waals surface area (Å²) in [6.45, 7) is 1.93. The van der Waals surface area contributed by atoms with Gasteiger partial charge in [-0.3, -0.25) is 15.6 Å². The molecule has 0 saturated carbocycles. The van der Waals surface area contributed by atoms with Crippen LogP contribution in [-0.4, -0.2) is 32.8 Å². The van der Waals surface area contributed by atoms with E-state index in [1.165, 1.54) is 13.4 Å². The van der Waals surface area contributed by atoms with Gasteiger partial charge in [0, 0.05) is 5.02 Å². The van der Waals surface area contributed by atoms with Gasteiger partial charge >= 0.3 is 0 Å². The third kappa shape index (κ3) is 3.57. The van der Waals surface area contributed by atoms with Gasteiger partial charge in [-0.2, -0.15) is 5.10 Å². The first-order valence-electron chi connectivity index (χ1n) is 8.73. The number of hydrogen-bond donors (Lipinski definition) is 2.